The molecular formula is C20H14F3N3O2S2. The van der Waals surface area contributed by atoms with Crippen molar-refractivity contribution in [1.82, 2.24) is 15.0 Å². The number of hydrogen-bond donors (Lipinski definition) is 0. The topological polar surface area (TPSA) is 72.8 Å². The largest absolute Gasteiger partial charge is 0.266 e. The third-order valence-electron chi connectivity index (χ3n) is 4.62. The van der Waals surface area contributed by atoms with Crippen molar-refractivity contribution in [1.29, 1.82) is 0 Å². The predicted molar refractivity (Wildman–Crippen MR) is 108 cm³/mol. The van der Waals surface area contributed by atoms with E-state index in [0.29, 0.717) is 33.4 Å². The zero-order valence-electron chi connectivity index (χ0n) is 15.5. The number of aromatic nitrogens is 3. The molecule has 0 aliphatic heterocycles. The number of benzene rings is 2. The van der Waals surface area contributed by atoms with Gasteiger partial charge in [0.1, 0.15) is 12.1 Å². The Labute approximate surface area is 174 Å². The number of aryl methyl sites for hydroxylation is 1. The van der Waals surface area contributed by atoms with Gasteiger partial charge >= 0.3 is 0 Å². The van der Waals surface area contributed by atoms with Crippen LogP contribution in [-0.2, 0) is 15.6 Å². The Hall–Kier alpha value is -2.85. The van der Waals surface area contributed by atoms with E-state index in [1.807, 2.05) is 0 Å². The molecule has 0 saturated heterocycles. The Kier molecular flexibility index (Phi) is 5.29. The minimum Gasteiger partial charge on any atom is -0.249 e. The summed E-state index contributed by atoms with van der Waals surface area (Å²) < 4.78 is 65.5. The Balaban J connectivity index is 1.80. The molecule has 30 heavy (non-hydrogen) atoms. The fourth-order valence-electron chi connectivity index (χ4n) is 3.16. The lowest BCUT2D eigenvalue weighted by atomic mass is 9.99. The first-order valence-corrected chi connectivity index (χ1v) is 11.3. The smallest absolute Gasteiger partial charge is 0.249 e. The normalized spacial score (nSPS) is 12.0. The van der Waals surface area contributed by atoms with Crippen LogP contribution < -0.4 is 0 Å². The molecule has 4 aromatic rings. The Morgan fingerprint density at radius 2 is 1.90 bits per heavy atom. The lowest BCUT2D eigenvalue weighted by Gasteiger charge is -2.12. The van der Waals surface area contributed by atoms with Crippen molar-refractivity contribution in [2.45, 2.75) is 24.0 Å². The molecule has 0 unspecified atom stereocenters. The molecule has 0 saturated carbocycles. The summed E-state index contributed by atoms with van der Waals surface area (Å²) in [6, 6.07) is 6.50. The number of alkyl halides is 2. The van der Waals surface area contributed by atoms with Gasteiger partial charge in [0.15, 0.2) is 9.84 Å². The number of hydrogen-bond acceptors (Lipinski definition) is 6. The first-order chi connectivity index (χ1) is 14.3. The summed E-state index contributed by atoms with van der Waals surface area (Å²) in [6.45, 7) is 1.58. The van der Waals surface area contributed by atoms with Gasteiger partial charge < -0.3 is 0 Å². The summed E-state index contributed by atoms with van der Waals surface area (Å²) >= 11 is 1.31. The van der Waals surface area contributed by atoms with E-state index < -0.39 is 27.6 Å². The zero-order valence-corrected chi connectivity index (χ0v) is 17.1. The molecule has 5 nitrogen and oxygen atoms in total. The van der Waals surface area contributed by atoms with Gasteiger partial charge in [0.25, 0.3) is 6.43 Å². The predicted octanol–water partition coefficient (Wildman–Crippen LogP) is 5.11. The lowest BCUT2D eigenvalue weighted by Crippen LogP contribution is -2.05. The number of rotatable bonds is 5. The van der Waals surface area contributed by atoms with Crippen LogP contribution in [0.3, 0.4) is 0 Å². The van der Waals surface area contributed by atoms with Gasteiger partial charge in [-0.3, -0.25) is 0 Å². The van der Waals surface area contributed by atoms with Crippen molar-refractivity contribution < 1.29 is 21.6 Å². The third kappa shape index (κ3) is 3.80. The van der Waals surface area contributed by atoms with Crippen molar-refractivity contribution in [2.24, 2.45) is 0 Å². The summed E-state index contributed by atoms with van der Waals surface area (Å²) in [5, 5.41) is 2.15. The van der Waals surface area contributed by atoms with Gasteiger partial charge in [-0.05, 0) is 42.8 Å². The molecular weight excluding hydrogens is 435 g/mol. The second kappa shape index (κ2) is 7.77. The molecule has 4 rings (SSSR count). The van der Waals surface area contributed by atoms with Crippen LogP contribution in [0, 0.1) is 12.7 Å². The van der Waals surface area contributed by atoms with Gasteiger partial charge in [-0.25, -0.2) is 36.5 Å². The molecule has 0 atom stereocenters. The van der Waals surface area contributed by atoms with Gasteiger partial charge in [0.2, 0.25) is 0 Å². The van der Waals surface area contributed by atoms with Crippen LogP contribution >= 0.6 is 11.3 Å². The molecule has 10 heteroatoms. The fraction of sp³-hybridized carbons (Fsp3) is 0.150. The average molecular weight is 449 g/mol. The van der Waals surface area contributed by atoms with Crippen molar-refractivity contribution in [3.63, 3.8) is 0 Å². The first-order valence-electron chi connectivity index (χ1n) is 8.69. The fourth-order valence-corrected chi connectivity index (χ4v) is 5.10. The molecule has 154 valence electrons. The summed E-state index contributed by atoms with van der Waals surface area (Å²) in [5.74, 6) is -1.26. The van der Waals surface area contributed by atoms with E-state index in [1.165, 1.54) is 35.9 Å². The van der Waals surface area contributed by atoms with Crippen LogP contribution in [0.5, 0.6) is 0 Å². The molecule has 0 bridgehead atoms. The van der Waals surface area contributed by atoms with Crippen molar-refractivity contribution in [2.75, 3.05) is 0 Å². The first kappa shape index (κ1) is 20.4. The maximum Gasteiger partial charge on any atom is 0.266 e. The maximum atomic E-state index is 14.2. The summed E-state index contributed by atoms with van der Waals surface area (Å²) in [5.41, 5.74) is 2.77. The number of nitrogens with zero attached hydrogens (tertiary/aromatic N) is 3. The van der Waals surface area contributed by atoms with Crippen LogP contribution in [0.15, 0.2) is 52.4 Å². The minimum atomic E-state index is -3.64. The van der Waals surface area contributed by atoms with E-state index in [4.69, 9.17) is 0 Å². The average Bonchev–Trinajstić information content (AvgIpc) is 3.20. The van der Waals surface area contributed by atoms with Crippen LogP contribution in [0.25, 0.3) is 22.2 Å². The van der Waals surface area contributed by atoms with Crippen LogP contribution in [0.4, 0.5) is 13.2 Å². The molecule has 0 fully saturated rings. The van der Waals surface area contributed by atoms with E-state index in [1.54, 1.807) is 17.8 Å². The highest BCUT2D eigenvalue weighted by Crippen LogP contribution is 2.33. The van der Waals surface area contributed by atoms with Crippen molar-refractivity contribution in [3.05, 3.63) is 70.2 Å². The van der Waals surface area contributed by atoms with Gasteiger partial charge in [0.05, 0.1) is 38.6 Å². The maximum absolute atomic E-state index is 14.2. The van der Waals surface area contributed by atoms with E-state index in [0.717, 1.165) is 12.1 Å². The molecule has 0 aliphatic rings. The molecule has 0 radical (unpaired) electrons. The minimum absolute atomic E-state index is 0.0728. The number of halogens is 3. The monoisotopic (exact) mass is 449 g/mol. The summed E-state index contributed by atoms with van der Waals surface area (Å²) in [7, 11) is -3.64. The van der Waals surface area contributed by atoms with Crippen LogP contribution in [0.1, 0.15) is 23.2 Å². The Morgan fingerprint density at radius 3 is 2.60 bits per heavy atom. The zero-order chi connectivity index (χ0) is 21.5. The lowest BCUT2D eigenvalue weighted by molar-refractivity contribution is 0.146. The van der Waals surface area contributed by atoms with Gasteiger partial charge in [-0.2, -0.15) is 0 Å². The third-order valence-corrected chi connectivity index (χ3v) is 6.91. The van der Waals surface area contributed by atoms with Gasteiger partial charge in [0, 0.05) is 16.3 Å². The highest BCUT2D eigenvalue weighted by Gasteiger charge is 2.20. The van der Waals surface area contributed by atoms with Crippen molar-refractivity contribution in [3.8, 4) is 11.3 Å². The van der Waals surface area contributed by atoms with Crippen LogP contribution in [-0.4, -0.2) is 23.4 Å². The molecule has 2 aromatic carbocycles. The van der Waals surface area contributed by atoms with E-state index >= 15 is 0 Å². The molecule has 2 aromatic heterocycles. The summed E-state index contributed by atoms with van der Waals surface area (Å²) in [6.07, 6.45) is -1.70. The van der Waals surface area contributed by atoms with E-state index in [9.17, 15) is 21.6 Å². The van der Waals surface area contributed by atoms with Gasteiger partial charge in [-0.1, -0.05) is 0 Å². The highest BCUT2D eigenvalue weighted by molar-refractivity contribution is 7.90. The quantitative estimate of drug-likeness (QED) is 0.423. The summed E-state index contributed by atoms with van der Waals surface area (Å²) in [4.78, 5) is 12.4. The molecule has 0 spiro atoms. The van der Waals surface area contributed by atoms with Crippen LogP contribution in [0.2, 0.25) is 0 Å². The Morgan fingerprint density at radius 1 is 1.10 bits per heavy atom. The molecule has 2 heterocycles. The van der Waals surface area contributed by atoms with Crippen molar-refractivity contribution >= 4 is 32.1 Å². The SMILES string of the molecule is Cc1cc(C(F)F)c(F)cc1-c1ncnc2cc(S(=O)(=O)Cc3cscn3)ccc12. The van der Waals surface area contributed by atoms with Gasteiger partial charge in [-0.15, -0.1) is 11.3 Å². The van der Waals surface area contributed by atoms with E-state index in [-0.39, 0.29) is 10.6 Å². The molecule has 0 aliphatic carbocycles. The number of sulfone groups is 1. The second-order valence-electron chi connectivity index (χ2n) is 6.63. The number of fused-ring (bicyclic) bond motifs is 1. The number of thiazole rings is 1. The molecule has 0 amide bonds. The molecule has 0 N–H and O–H groups in total. The highest BCUT2D eigenvalue weighted by atomic mass is 32.2. The van der Waals surface area contributed by atoms with E-state index in [2.05, 4.69) is 15.0 Å². The standard InChI is InChI=1S/C20H14F3N3O2S2/c1-11-4-16(20(22)23)17(21)6-15(11)19-14-3-2-13(5-18(14)24-9-25-19)30(27,28)8-12-7-29-10-26-12/h2-7,9-10,20H,8H2,1H3. The second-order valence-corrected chi connectivity index (χ2v) is 9.34. The Bertz CT molecular complexity index is 1340.